The molecule has 1 unspecified atom stereocenters. The predicted molar refractivity (Wildman–Crippen MR) is 61.7 cm³/mol. The number of hydrogen-bond donors (Lipinski definition) is 5. The van der Waals surface area contributed by atoms with Gasteiger partial charge in [0.25, 0.3) is 11.6 Å². The van der Waals surface area contributed by atoms with E-state index in [-0.39, 0.29) is 6.61 Å². The molecule has 3 aliphatic heterocycles. The first-order chi connectivity index (χ1) is 8.83. The molecule has 2 bridgehead atoms. The van der Waals surface area contributed by atoms with Crippen molar-refractivity contribution in [1.29, 1.82) is 0 Å². The van der Waals surface area contributed by atoms with Gasteiger partial charge in [0, 0.05) is 0 Å². The molecule has 3 heterocycles. The van der Waals surface area contributed by atoms with Crippen molar-refractivity contribution in [2.24, 2.45) is 0 Å². The number of ether oxygens (including phenoxy) is 1. The van der Waals surface area contributed by atoms with Crippen LogP contribution in [0.25, 0.3) is 0 Å². The summed E-state index contributed by atoms with van der Waals surface area (Å²) in [4.78, 5) is 23.9. The maximum Gasteiger partial charge on any atom is 0.277 e. The Morgan fingerprint density at radius 1 is 1.58 bits per heavy atom. The SMILES string of the molecule is C[C@](O)(CO)[C@H](O)C12NC(=O)[C@H](CCCO1)NC2=O. The van der Waals surface area contributed by atoms with E-state index in [9.17, 15) is 19.8 Å². The first-order valence-electron chi connectivity index (χ1n) is 6.12. The monoisotopic (exact) mass is 274 g/mol. The van der Waals surface area contributed by atoms with Gasteiger partial charge in [0.2, 0.25) is 5.91 Å². The maximum atomic E-state index is 12.1. The Bertz CT molecular complexity index is 399. The fraction of sp³-hybridized carbons (Fsp3) is 0.818. The van der Waals surface area contributed by atoms with Crippen LogP contribution in [0.1, 0.15) is 19.8 Å². The lowest BCUT2D eigenvalue weighted by Gasteiger charge is -2.47. The summed E-state index contributed by atoms with van der Waals surface area (Å²) in [6.07, 6.45) is -0.818. The van der Waals surface area contributed by atoms with Crippen molar-refractivity contribution in [3.05, 3.63) is 0 Å². The Morgan fingerprint density at radius 3 is 2.89 bits per heavy atom. The van der Waals surface area contributed by atoms with E-state index in [0.29, 0.717) is 12.8 Å². The predicted octanol–water partition coefficient (Wildman–Crippen LogP) is -2.79. The zero-order chi connectivity index (χ0) is 14.3. The lowest BCUT2D eigenvalue weighted by atomic mass is 9.87. The fourth-order valence-electron chi connectivity index (χ4n) is 2.28. The number of aliphatic hydroxyl groups is 3. The Morgan fingerprint density at radius 2 is 2.26 bits per heavy atom. The van der Waals surface area contributed by atoms with Crippen LogP contribution < -0.4 is 10.6 Å². The zero-order valence-corrected chi connectivity index (χ0v) is 10.5. The molecule has 0 aliphatic carbocycles. The van der Waals surface area contributed by atoms with Crippen molar-refractivity contribution in [2.45, 2.75) is 43.2 Å². The molecule has 0 aromatic rings. The van der Waals surface area contributed by atoms with E-state index in [1.807, 2.05) is 0 Å². The summed E-state index contributed by atoms with van der Waals surface area (Å²) in [6, 6.07) is -0.657. The largest absolute Gasteiger partial charge is 0.393 e. The molecule has 0 aromatic heterocycles. The quantitative estimate of drug-likeness (QED) is 0.378. The number of fused-ring (bicyclic) bond motifs is 5. The summed E-state index contributed by atoms with van der Waals surface area (Å²) in [7, 11) is 0. The number of rotatable bonds is 3. The number of carbonyl (C=O) groups is 2. The van der Waals surface area contributed by atoms with E-state index in [2.05, 4.69) is 10.6 Å². The minimum absolute atomic E-state index is 0.156. The van der Waals surface area contributed by atoms with Gasteiger partial charge in [0.15, 0.2) is 0 Å². The lowest BCUT2D eigenvalue weighted by Crippen LogP contribution is -2.78. The molecule has 0 saturated carbocycles. The number of piperazine rings is 1. The molecule has 3 fully saturated rings. The third kappa shape index (κ3) is 2.20. The van der Waals surface area contributed by atoms with Crippen LogP contribution in [0.5, 0.6) is 0 Å². The van der Waals surface area contributed by atoms with Gasteiger partial charge in [-0.25, -0.2) is 0 Å². The molecule has 0 radical (unpaired) electrons. The number of carbonyl (C=O) groups excluding carboxylic acids is 2. The number of aliphatic hydroxyl groups excluding tert-OH is 2. The molecule has 4 atom stereocenters. The van der Waals surface area contributed by atoms with E-state index in [1.165, 1.54) is 0 Å². The molecule has 8 heteroatoms. The Hall–Kier alpha value is -1.22. The maximum absolute atomic E-state index is 12.1. The van der Waals surface area contributed by atoms with Gasteiger partial charge in [-0.15, -0.1) is 0 Å². The average molecular weight is 274 g/mol. The molecule has 8 nitrogen and oxygen atoms in total. The molecule has 2 amide bonds. The van der Waals surface area contributed by atoms with Crippen LogP contribution in [0.4, 0.5) is 0 Å². The third-order valence-corrected chi connectivity index (χ3v) is 3.53. The minimum Gasteiger partial charge on any atom is -0.393 e. The van der Waals surface area contributed by atoms with Crippen molar-refractivity contribution in [3.8, 4) is 0 Å². The molecule has 3 saturated heterocycles. The number of hydrogen-bond acceptors (Lipinski definition) is 6. The first kappa shape index (κ1) is 14.2. The van der Waals surface area contributed by atoms with Crippen molar-refractivity contribution in [3.63, 3.8) is 0 Å². The van der Waals surface area contributed by atoms with E-state index >= 15 is 0 Å². The number of amides is 2. The molecule has 0 aromatic carbocycles. The molecule has 3 rings (SSSR count). The van der Waals surface area contributed by atoms with Gasteiger partial charge in [-0.2, -0.15) is 0 Å². The van der Waals surface area contributed by atoms with Crippen LogP contribution in [0, 0.1) is 0 Å². The Kier molecular flexibility index (Phi) is 3.52. The summed E-state index contributed by atoms with van der Waals surface area (Å²) < 4.78 is 5.33. The van der Waals surface area contributed by atoms with Crippen molar-refractivity contribution < 1.29 is 29.6 Å². The van der Waals surface area contributed by atoms with Crippen LogP contribution in [-0.4, -0.2) is 63.8 Å². The Balaban J connectivity index is 2.37. The molecule has 19 heavy (non-hydrogen) atoms. The van der Waals surface area contributed by atoms with Gasteiger partial charge in [-0.05, 0) is 19.8 Å². The summed E-state index contributed by atoms with van der Waals surface area (Å²) in [5.74, 6) is -1.20. The molecular weight excluding hydrogens is 256 g/mol. The molecular formula is C11H18N2O6. The summed E-state index contributed by atoms with van der Waals surface area (Å²) in [5.41, 5.74) is -4.06. The van der Waals surface area contributed by atoms with Crippen molar-refractivity contribution >= 4 is 11.8 Å². The van der Waals surface area contributed by atoms with E-state index in [4.69, 9.17) is 9.84 Å². The van der Waals surface area contributed by atoms with Gasteiger partial charge >= 0.3 is 0 Å². The fourth-order valence-corrected chi connectivity index (χ4v) is 2.28. The topological polar surface area (TPSA) is 128 Å². The standard InChI is InChI=1S/C11H18N2O6/c1-10(18,5-14)8(16)11-9(17)12-6(7(15)13-11)3-2-4-19-11/h6,8,14,16,18H,2-5H2,1H3,(H,12,17)(H,13,15)/t6-,8-,10-,11?/m0/s1. The average Bonchev–Trinajstić information content (AvgIpc) is 2.35. The van der Waals surface area contributed by atoms with Crippen LogP contribution in [0.2, 0.25) is 0 Å². The second-order valence-electron chi connectivity index (χ2n) is 5.16. The minimum atomic E-state index is -2.07. The van der Waals surface area contributed by atoms with Crippen molar-refractivity contribution in [2.75, 3.05) is 13.2 Å². The van der Waals surface area contributed by atoms with E-state index in [1.54, 1.807) is 0 Å². The lowest BCUT2D eigenvalue weighted by molar-refractivity contribution is -0.222. The highest BCUT2D eigenvalue weighted by Crippen LogP contribution is 2.28. The third-order valence-electron chi connectivity index (χ3n) is 3.53. The smallest absolute Gasteiger partial charge is 0.277 e. The second kappa shape index (κ2) is 4.71. The van der Waals surface area contributed by atoms with Crippen LogP contribution in [0.3, 0.4) is 0 Å². The van der Waals surface area contributed by atoms with Crippen LogP contribution in [0.15, 0.2) is 0 Å². The van der Waals surface area contributed by atoms with E-state index in [0.717, 1.165) is 6.92 Å². The molecule has 5 N–H and O–H groups in total. The summed E-state index contributed by atoms with van der Waals surface area (Å²) in [5, 5.41) is 34.0. The van der Waals surface area contributed by atoms with Gasteiger partial charge < -0.3 is 30.7 Å². The molecule has 108 valence electrons. The van der Waals surface area contributed by atoms with Crippen molar-refractivity contribution in [1.82, 2.24) is 10.6 Å². The molecule has 3 aliphatic rings. The normalized spacial score (nSPS) is 35.7. The highest BCUT2D eigenvalue weighted by Gasteiger charge is 2.58. The van der Waals surface area contributed by atoms with Gasteiger partial charge in [0.1, 0.15) is 17.7 Å². The second-order valence-corrected chi connectivity index (χ2v) is 5.16. The molecule has 0 spiro atoms. The van der Waals surface area contributed by atoms with Crippen LogP contribution >= 0.6 is 0 Å². The first-order valence-corrected chi connectivity index (χ1v) is 6.12. The zero-order valence-electron chi connectivity index (χ0n) is 10.5. The number of nitrogens with one attached hydrogen (secondary N) is 2. The van der Waals surface area contributed by atoms with E-state index < -0.39 is 41.9 Å². The summed E-state index contributed by atoms with van der Waals surface area (Å²) >= 11 is 0. The highest BCUT2D eigenvalue weighted by atomic mass is 16.5. The Labute approximate surface area is 109 Å². The summed E-state index contributed by atoms with van der Waals surface area (Å²) in [6.45, 7) is 0.523. The van der Waals surface area contributed by atoms with Crippen LogP contribution in [-0.2, 0) is 14.3 Å². The van der Waals surface area contributed by atoms with Gasteiger partial charge in [-0.3, -0.25) is 9.59 Å². The van der Waals surface area contributed by atoms with Gasteiger partial charge in [-0.1, -0.05) is 0 Å². The highest BCUT2D eigenvalue weighted by molar-refractivity contribution is 5.99. The van der Waals surface area contributed by atoms with Gasteiger partial charge in [0.05, 0.1) is 13.2 Å².